The van der Waals surface area contributed by atoms with Gasteiger partial charge in [-0.1, -0.05) is 42.8 Å². The minimum atomic E-state index is 0.0303. The molecule has 2 aromatic carbocycles. The van der Waals surface area contributed by atoms with Gasteiger partial charge in [0, 0.05) is 23.8 Å². The van der Waals surface area contributed by atoms with Gasteiger partial charge < -0.3 is 10.2 Å². The van der Waals surface area contributed by atoms with Crippen LogP contribution in [-0.4, -0.2) is 19.0 Å². The predicted molar refractivity (Wildman–Crippen MR) is 86.9 cm³/mol. The maximum atomic E-state index is 12.2. The summed E-state index contributed by atoms with van der Waals surface area (Å²) >= 11 is 0. The standard InChI is InChI=1S/C18H20N2O/c1-13-7-9-15(10-8-13)19-18(21)12-20-11-14(2)16-5-3-4-6-17(16)20/h3-10,14H,11-12H2,1-2H3,(H,19,21). The molecule has 108 valence electrons. The Kier molecular flexibility index (Phi) is 3.65. The van der Waals surface area contributed by atoms with Gasteiger partial charge in [0.2, 0.25) is 5.91 Å². The molecule has 1 amide bonds. The van der Waals surface area contributed by atoms with Crippen molar-refractivity contribution in [3.63, 3.8) is 0 Å². The smallest absolute Gasteiger partial charge is 0.243 e. The van der Waals surface area contributed by atoms with Crippen molar-refractivity contribution >= 4 is 17.3 Å². The molecular weight excluding hydrogens is 260 g/mol. The number of amides is 1. The van der Waals surface area contributed by atoms with Crippen molar-refractivity contribution in [2.45, 2.75) is 19.8 Å². The molecule has 0 aliphatic carbocycles. The molecule has 0 radical (unpaired) electrons. The van der Waals surface area contributed by atoms with Crippen LogP contribution in [0.4, 0.5) is 11.4 Å². The van der Waals surface area contributed by atoms with Crippen LogP contribution in [0.25, 0.3) is 0 Å². The second-order valence-corrected chi connectivity index (χ2v) is 5.75. The number of benzene rings is 2. The van der Waals surface area contributed by atoms with Gasteiger partial charge in [0.1, 0.15) is 0 Å². The highest BCUT2D eigenvalue weighted by atomic mass is 16.2. The summed E-state index contributed by atoms with van der Waals surface area (Å²) in [5, 5.41) is 2.96. The third kappa shape index (κ3) is 2.92. The first-order chi connectivity index (χ1) is 10.1. The van der Waals surface area contributed by atoms with Gasteiger partial charge in [-0.3, -0.25) is 4.79 Å². The third-order valence-electron chi connectivity index (χ3n) is 3.97. The number of nitrogens with zero attached hydrogens (tertiary/aromatic N) is 1. The summed E-state index contributed by atoms with van der Waals surface area (Å²) in [7, 11) is 0. The van der Waals surface area contributed by atoms with Gasteiger partial charge in [-0.2, -0.15) is 0 Å². The maximum Gasteiger partial charge on any atom is 0.243 e. The Labute approximate surface area is 125 Å². The van der Waals surface area contributed by atoms with Crippen LogP contribution in [0.5, 0.6) is 0 Å². The van der Waals surface area contributed by atoms with Gasteiger partial charge in [0.05, 0.1) is 6.54 Å². The van der Waals surface area contributed by atoms with Gasteiger partial charge in [0.25, 0.3) is 0 Å². The molecule has 1 heterocycles. The average molecular weight is 280 g/mol. The third-order valence-corrected chi connectivity index (χ3v) is 3.97. The molecular formula is C18H20N2O. The monoisotopic (exact) mass is 280 g/mol. The lowest BCUT2D eigenvalue weighted by atomic mass is 10.0. The molecule has 3 heteroatoms. The summed E-state index contributed by atoms with van der Waals surface area (Å²) in [5.41, 5.74) is 4.56. The number of carbonyl (C=O) groups is 1. The van der Waals surface area contributed by atoms with E-state index in [1.807, 2.05) is 37.3 Å². The van der Waals surface area contributed by atoms with Crippen molar-refractivity contribution in [3.8, 4) is 0 Å². The number of aryl methyl sites for hydroxylation is 1. The van der Waals surface area contributed by atoms with E-state index in [0.717, 1.165) is 12.2 Å². The molecule has 0 saturated heterocycles. The minimum absolute atomic E-state index is 0.0303. The van der Waals surface area contributed by atoms with Crippen molar-refractivity contribution < 1.29 is 4.79 Å². The zero-order valence-electron chi connectivity index (χ0n) is 12.5. The summed E-state index contributed by atoms with van der Waals surface area (Å²) in [6.45, 7) is 5.54. The first-order valence-corrected chi connectivity index (χ1v) is 7.34. The number of rotatable bonds is 3. The number of para-hydroxylation sites is 1. The highest BCUT2D eigenvalue weighted by Crippen LogP contribution is 2.35. The van der Waals surface area contributed by atoms with E-state index in [-0.39, 0.29) is 5.91 Å². The van der Waals surface area contributed by atoms with Crippen LogP contribution >= 0.6 is 0 Å². The Morgan fingerprint density at radius 1 is 1.19 bits per heavy atom. The summed E-state index contributed by atoms with van der Waals surface area (Å²) in [6, 6.07) is 16.2. The molecule has 0 aromatic heterocycles. The molecule has 0 fully saturated rings. The van der Waals surface area contributed by atoms with Crippen LogP contribution in [0.2, 0.25) is 0 Å². The number of anilines is 2. The van der Waals surface area contributed by atoms with E-state index < -0.39 is 0 Å². The lowest BCUT2D eigenvalue weighted by Gasteiger charge is -2.19. The van der Waals surface area contributed by atoms with E-state index in [4.69, 9.17) is 0 Å². The lowest BCUT2D eigenvalue weighted by Crippen LogP contribution is -2.32. The van der Waals surface area contributed by atoms with E-state index >= 15 is 0 Å². The van der Waals surface area contributed by atoms with Gasteiger partial charge >= 0.3 is 0 Å². The highest BCUT2D eigenvalue weighted by Gasteiger charge is 2.26. The molecule has 1 N–H and O–H groups in total. The summed E-state index contributed by atoms with van der Waals surface area (Å²) in [5.74, 6) is 0.510. The molecule has 21 heavy (non-hydrogen) atoms. The molecule has 0 saturated carbocycles. The maximum absolute atomic E-state index is 12.2. The quantitative estimate of drug-likeness (QED) is 0.932. The summed E-state index contributed by atoms with van der Waals surface area (Å²) in [6.07, 6.45) is 0. The summed E-state index contributed by atoms with van der Waals surface area (Å²) in [4.78, 5) is 14.4. The number of nitrogens with one attached hydrogen (secondary N) is 1. The van der Waals surface area contributed by atoms with E-state index in [1.54, 1.807) is 0 Å². The van der Waals surface area contributed by atoms with E-state index in [1.165, 1.54) is 16.8 Å². The Bertz CT molecular complexity index is 649. The number of hydrogen-bond acceptors (Lipinski definition) is 2. The van der Waals surface area contributed by atoms with Crippen LogP contribution in [0.3, 0.4) is 0 Å². The van der Waals surface area contributed by atoms with Gasteiger partial charge in [-0.05, 0) is 30.7 Å². The normalized spacial score (nSPS) is 16.7. The molecule has 1 aliphatic heterocycles. The number of hydrogen-bond donors (Lipinski definition) is 1. The molecule has 2 aromatic rings. The Hall–Kier alpha value is -2.29. The minimum Gasteiger partial charge on any atom is -0.361 e. The molecule has 1 atom stereocenters. The fraction of sp³-hybridized carbons (Fsp3) is 0.278. The van der Waals surface area contributed by atoms with Gasteiger partial charge in [-0.25, -0.2) is 0 Å². The van der Waals surface area contributed by atoms with E-state index in [0.29, 0.717) is 12.5 Å². The van der Waals surface area contributed by atoms with E-state index in [2.05, 4.69) is 35.3 Å². The van der Waals surface area contributed by atoms with Crippen molar-refractivity contribution in [2.75, 3.05) is 23.3 Å². The van der Waals surface area contributed by atoms with Crippen LogP contribution in [0.1, 0.15) is 24.0 Å². The van der Waals surface area contributed by atoms with Crippen molar-refractivity contribution in [1.82, 2.24) is 0 Å². The first-order valence-electron chi connectivity index (χ1n) is 7.34. The molecule has 3 nitrogen and oxygen atoms in total. The van der Waals surface area contributed by atoms with Crippen molar-refractivity contribution in [3.05, 3.63) is 59.7 Å². The molecule has 1 unspecified atom stereocenters. The van der Waals surface area contributed by atoms with Gasteiger partial charge in [0.15, 0.2) is 0 Å². The number of fused-ring (bicyclic) bond motifs is 1. The van der Waals surface area contributed by atoms with Gasteiger partial charge in [-0.15, -0.1) is 0 Å². The Morgan fingerprint density at radius 2 is 1.90 bits per heavy atom. The zero-order chi connectivity index (χ0) is 14.8. The largest absolute Gasteiger partial charge is 0.361 e. The molecule has 3 rings (SSSR count). The average Bonchev–Trinajstić information content (AvgIpc) is 2.78. The second-order valence-electron chi connectivity index (χ2n) is 5.75. The number of carbonyl (C=O) groups excluding carboxylic acids is 1. The van der Waals surface area contributed by atoms with Crippen LogP contribution in [-0.2, 0) is 4.79 Å². The van der Waals surface area contributed by atoms with Crippen LogP contribution in [0, 0.1) is 6.92 Å². The van der Waals surface area contributed by atoms with E-state index in [9.17, 15) is 4.79 Å². The lowest BCUT2D eigenvalue weighted by molar-refractivity contribution is -0.115. The van der Waals surface area contributed by atoms with Crippen LogP contribution in [0.15, 0.2) is 48.5 Å². The Balaban J connectivity index is 1.67. The second kappa shape index (κ2) is 5.60. The van der Waals surface area contributed by atoms with Crippen molar-refractivity contribution in [2.24, 2.45) is 0 Å². The molecule has 0 spiro atoms. The zero-order valence-corrected chi connectivity index (χ0v) is 12.5. The first kappa shape index (κ1) is 13.7. The SMILES string of the molecule is Cc1ccc(NC(=O)CN2CC(C)c3ccccc32)cc1. The molecule has 0 bridgehead atoms. The fourth-order valence-electron chi connectivity index (χ4n) is 2.88. The topological polar surface area (TPSA) is 32.3 Å². The van der Waals surface area contributed by atoms with Crippen LogP contribution < -0.4 is 10.2 Å². The highest BCUT2D eigenvalue weighted by molar-refractivity contribution is 5.94. The summed E-state index contributed by atoms with van der Waals surface area (Å²) < 4.78 is 0. The Morgan fingerprint density at radius 3 is 2.67 bits per heavy atom. The predicted octanol–water partition coefficient (Wildman–Crippen LogP) is 3.56. The molecule has 1 aliphatic rings. The fourth-order valence-corrected chi connectivity index (χ4v) is 2.88. The van der Waals surface area contributed by atoms with Crippen molar-refractivity contribution in [1.29, 1.82) is 0 Å².